The van der Waals surface area contributed by atoms with Gasteiger partial charge in [-0.15, -0.1) is 0 Å². The Labute approximate surface area is 122 Å². The highest BCUT2D eigenvalue weighted by atomic mass is 14.9. The Morgan fingerprint density at radius 2 is 1.86 bits per heavy atom. The Kier molecular flexibility index (Phi) is 3.29. The van der Waals surface area contributed by atoms with E-state index in [0.717, 1.165) is 16.8 Å². The molecule has 1 aromatic heterocycles. The van der Waals surface area contributed by atoms with Crippen LogP contribution in [0.4, 0.5) is 5.69 Å². The van der Waals surface area contributed by atoms with Crippen molar-refractivity contribution in [1.82, 2.24) is 4.98 Å². The highest BCUT2D eigenvalue weighted by molar-refractivity contribution is 5.82. The Balaban J connectivity index is 1.84. The molecule has 0 atom stereocenters. The van der Waals surface area contributed by atoms with Gasteiger partial charge in [0.25, 0.3) is 0 Å². The first-order valence-electron chi connectivity index (χ1n) is 6.55. The molecule has 0 spiro atoms. The van der Waals surface area contributed by atoms with Crippen molar-refractivity contribution in [2.75, 3.05) is 5.32 Å². The summed E-state index contributed by atoms with van der Waals surface area (Å²) in [6.07, 6.45) is 1.92. The fourth-order valence-corrected chi connectivity index (χ4v) is 2.34. The van der Waals surface area contributed by atoms with Crippen molar-refractivity contribution in [3.05, 3.63) is 65.4 Å². The zero-order valence-electron chi connectivity index (χ0n) is 11.2. The normalized spacial score (nSPS) is 10.0. The maximum atomic E-state index is 9.04. The SMILES string of the molecule is N#Cc1ccc(NCc2cccc3cc[nH]c23)cc1C#N. The molecule has 0 amide bonds. The van der Waals surface area contributed by atoms with E-state index in [2.05, 4.69) is 22.4 Å². The van der Waals surface area contributed by atoms with Gasteiger partial charge in [-0.25, -0.2) is 0 Å². The molecule has 21 heavy (non-hydrogen) atoms. The molecular formula is C17H12N4. The molecule has 100 valence electrons. The topological polar surface area (TPSA) is 75.4 Å². The highest BCUT2D eigenvalue weighted by Gasteiger charge is 2.04. The summed E-state index contributed by atoms with van der Waals surface area (Å²) >= 11 is 0. The number of nitriles is 2. The average molecular weight is 272 g/mol. The Morgan fingerprint density at radius 3 is 2.67 bits per heavy atom. The first-order valence-corrected chi connectivity index (χ1v) is 6.55. The molecule has 4 heteroatoms. The minimum atomic E-state index is 0.389. The third kappa shape index (κ3) is 2.43. The van der Waals surface area contributed by atoms with Crippen LogP contribution in [0, 0.1) is 22.7 Å². The van der Waals surface area contributed by atoms with Crippen LogP contribution in [-0.2, 0) is 6.54 Å². The van der Waals surface area contributed by atoms with Gasteiger partial charge in [-0.1, -0.05) is 18.2 Å². The van der Waals surface area contributed by atoms with Gasteiger partial charge in [-0.05, 0) is 35.2 Å². The van der Waals surface area contributed by atoms with Crippen LogP contribution in [0.5, 0.6) is 0 Å². The van der Waals surface area contributed by atoms with Crippen molar-refractivity contribution in [1.29, 1.82) is 10.5 Å². The Bertz CT molecular complexity index is 878. The van der Waals surface area contributed by atoms with E-state index >= 15 is 0 Å². The lowest BCUT2D eigenvalue weighted by molar-refractivity contribution is 1.16. The molecule has 1 heterocycles. The van der Waals surface area contributed by atoms with Crippen LogP contribution in [0.3, 0.4) is 0 Å². The molecule has 0 aliphatic rings. The Morgan fingerprint density at radius 1 is 1.00 bits per heavy atom. The van der Waals surface area contributed by atoms with Gasteiger partial charge in [0, 0.05) is 18.4 Å². The highest BCUT2D eigenvalue weighted by Crippen LogP contribution is 2.19. The monoisotopic (exact) mass is 272 g/mol. The van der Waals surface area contributed by atoms with Crippen LogP contribution < -0.4 is 5.32 Å². The van der Waals surface area contributed by atoms with E-state index in [-0.39, 0.29) is 0 Å². The summed E-state index contributed by atoms with van der Waals surface area (Å²) in [5.74, 6) is 0. The van der Waals surface area contributed by atoms with Crippen LogP contribution in [0.25, 0.3) is 10.9 Å². The van der Waals surface area contributed by atoms with Crippen LogP contribution in [0.2, 0.25) is 0 Å². The van der Waals surface area contributed by atoms with Gasteiger partial charge in [0.2, 0.25) is 0 Å². The van der Waals surface area contributed by atoms with Gasteiger partial charge in [-0.3, -0.25) is 0 Å². The quantitative estimate of drug-likeness (QED) is 0.766. The summed E-state index contributed by atoms with van der Waals surface area (Å²) in [5.41, 5.74) is 3.88. The van der Waals surface area contributed by atoms with Gasteiger partial charge in [0.15, 0.2) is 0 Å². The number of aromatic nitrogens is 1. The number of anilines is 1. The molecule has 0 unspecified atom stereocenters. The van der Waals surface area contributed by atoms with E-state index in [9.17, 15) is 0 Å². The van der Waals surface area contributed by atoms with Gasteiger partial charge >= 0.3 is 0 Å². The molecule has 0 aliphatic carbocycles. The molecular weight excluding hydrogens is 260 g/mol. The maximum absolute atomic E-state index is 9.04. The molecule has 4 nitrogen and oxygen atoms in total. The van der Waals surface area contributed by atoms with E-state index in [4.69, 9.17) is 10.5 Å². The molecule has 0 radical (unpaired) electrons. The largest absolute Gasteiger partial charge is 0.381 e. The molecule has 3 aromatic rings. The minimum absolute atomic E-state index is 0.389. The first-order chi connectivity index (χ1) is 10.3. The second-order valence-electron chi connectivity index (χ2n) is 4.70. The number of fused-ring (bicyclic) bond motifs is 1. The van der Waals surface area contributed by atoms with Crippen molar-refractivity contribution >= 4 is 16.6 Å². The number of hydrogen-bond acceptors (Lipinski definition) is 3. The number of H-pyrrole nitrogens is 1. The molecule has 2 aromatic carbocycles. The number of nitrogens with one attached hydrogen (secondary N) is 2. The van der Waals surface area contributed by atoms with Gasteiger partial charge in [-0.2, -0.15) is 10.5 Å². The van der Waals surface area contributed by atoms with Crippen LogP contribution in [0.15, 0.2) is 48.7 Å². The summed E-state index contributed by atoms with van der Waals surface area (Å²) in [6, 6.07) is 17.4. The maximum Gasteiger partial charge on any atom is 0.101 e. The fourth-order valence-electron chi connectivity index (χ4n) is 2.34. The zero-order chi connectivity index (χ0) is 14.7. The lowest BCUT2D eigenvalue weighted by Crippen LogP contribution is -2.00. The molecule has 3 rings (SSSR count). The summed E-state index contributed by atoms with van der Waals surface area (Å²) < 4.78 is 0. The number of aromatic amines is 1. The lowest BCUT2D eigenvalue weighted by Gasteiger charge is -2.08. The van der Waals surface area contributed by atoms with E-state index in [0.29, 0.717) is 17.7 Å². The fraction of sp³-hybridized carbons (Fsp3) is 0.0588. The third-order valence-corrected chi connectivity index (χ3v) is 3.42. The molecule has 0 saturated carbocycles. The number of rotatable bonds is 3. The predicted octanol–water partition coefficient (Wildman–Crippen LogP) is 3.52. The van der Waals surface area contributed by atoms with Gasteiger partial charge < -0.3 is 10.3 Å². The number of hydrogen-bond donors (Lipinski definition) is 2. The second kappa shape index (κ2) is 5.40. The number of para-hydroxylation sites is 1. The van der Waals surface area contributed by atoms with E-state index in [1.54, 1.807) is 12.1 Å². The van der Waals surface area contributed by atoms with Crippen molar-refractivity contribution in [3.63, 3.8) is 0 Å². The Hall–Kier alpha value is -3.24. The standard InChI is InChI=1S/C17H12N4/c18-9-13-4-5-16(8-15(13)10-19)21-11-14-3-1-2-12-6-7-20-17(12)14/h1-8,20-21H,11H2. The van der Waals surface area contributed by atoms with Gasteiger partial charge in [0.1, 0.15) is 12.1 Å². The van der Waals surface area contributed by atoms with E-state index in [1.165, 1.54) is 5.39 Å². The summed E-state index contributed by atoms with van der Waals surface area (Å²) in [6.45, 7) is 0.647. The summed E-state index contributed by atoms with van der Waals surface area (Å²) in [5, 5.41) is 22.4. The van der Waals surface area contributed by atoms with Gasteiger partial charge in [0.05, 0.1) is 16.6 Å². The molecule has 0 saturated heterocycles. The zero-order valence-corrected chi connectivity index (χ0v) is 11.2. The van der Waals surface area contributed by atoms with Crippen LogP contribution in [0.1, 0.15) is 16.7 Å². The number of benzene rings is 2. The summed E-state index contributed by atoms with van der Waals surface area (Å²) in [4.78, 5) is 3.23. The predicted molar refractivity (Wildman–Crippen MR) is 81.5 cm³/mol. The average Bonchev–Trinajstić information content (AvgIpc) is 3.01. The van der Waals surface area contributed by atoms with Crippen LogP contribution in [-0.4, -0.2) is 4.98 Å². The second-order valence-corrected chi connectivity index (χ2v) is 4.70. The molecule has 0 aliphatic heterocycles. The smallest absolute Gasteiger partial charge is 0.101 e. The molecule has 0 bridgehead atoms. The van der Waals surface area contributed by atoms with Crippen molar-refractivity contribution in [2.45, 2.75) is 6.54 Å². The number of nitrogens with zero attached hydrogens (tertiary/aromatic N) is 2. The van der Waals surface area contributed by atoms with Crippen molar-refractivity contribution in [3.8, 4) is 12.1 Å². The summed E-state index contributed by atoms with van der Waals surface area (Å²) in [7, 11) is 0. The van der Waals surface area contributed by atoms with Crippen molar-refractivity contribution < 1.29 is 0 Å². The van der Waals surface area contributed by atoms with E-state index < -0.39 is 0 Å². The first kappa shape index (κ1) is 12.8. The molecule has 2 N–H and O–H groups in total. The lowest BCUT2D eigenvalue weighted by atomic mass is 10.1. The molecule has 0 fully saturated rings. The van der Waals surface area contributed by atoms with E-state index in [1.807, 2.05) is 36.5 Å². The van der Waals surface area contributed by atoms with Crippen LogP contribution >= 0.6 is 0 Å². The van der Waals surface area contributed by atoms with Crippen molar-refractivity contribution in [2.24, 2.45) is 0 Å². The minimum Gasteiger partial charge on any atom is -0.381 e. The third-order valence-electron chi connectivity index (χ3n) is 3.42.